The second-order valence-corrected chi connectivity index (χ2v) is 7.13. The summed E-state index contributed by atoms with van der Waals surface area (Å²) in [4.78, 5) is 5.14. The Balaban J connectivity index is 1.64. The quantitative estimate of drug-likeness (QED) is 0.374. The number of alkyl halides is 3. The highest BCUT2D eigenvalue weighted by atomic mass is 19.4. The summed E-state index contributed by atoms with van der Waals surface area (Å²) in [6.45, 7) is 1.66. The molecule has 29 heavy (non-hydrogen) atoms. The first-order valence-electron chi connectivity index (χ1n) is 9.47. The van der Waals surface area contributed by atoms with Crippen LogP contribution in [0.1, 0.15) is 54.5 Å². The maximum absolute atomic E-state index is 13.6. The van der Waals surface area contributed by atoms with Crippen molar-refractivity contribution < 1.29 is 27.1 Å². The van der Waals surface area contributed by atoms with Crippen LogP contribution in [0.2, 0.25) is 0 Å². The van der Waals surface area contributed by atoms with Crippen LogP contribution in [0.3, 0.4) is 0 Å². The first-order chi connectivity index (χ1) is 13.8. The minimum absolute atomic E-state index is 0.141. The Kier molecular flexibility index (Phi) is 6.44. The molecule has 1 saturated carbocycles. The van der Waals surface area contributed by atoms with Crippen molar-refractivity contribution in [2.75, 3.05) is 0 Å². The summed E-state index contributed by atoms with van der Waals surface area (Å²) in [5, 5.41) is 8.21. The van der Waals surface area contributed by atoms with Gasteiger partial charge >= 0.3 is 6.18 Å². The number of benzene rings is 1. The van der Waals surface area contributed by atoms with Gasteiger partial charge in [-0.2, -0.15) is 18.3 Å². The lowest BCUT2D eigenvalue weighted by Gasteiger charge is -2.23. The molecule has 2 aromatic rings. The number of rotatable bonds is 6. The summed E-state index contributed by atoms with van der Waals surface area (Å²) < 4.78 is 59.2. The summed E-state index contributed by atoms with van der Waals surface area (Å²) in [5.74, 6) is -0.740. The molecule has 1 fully saturated rings. The average molecular weight is 413 g/mol. The molecule has 0 amide bonds. The summed E-state index contributed by atoms with van der Waals surface area (Å²) in [5.41, 5.74) is 0.331. The molecule has 0 unspecified atom stereocenters. The molecule has 1 heterocycles. The average Bonchev–Trinajstić information content (AvgIpc) is 2.92. The predicted molar refractivity (Wildman–Crippen MR) is 99.2 cm³/mol. The van der Waals surface area contributed by atoms with Crippen molar-refractivity contribution in [1.29, 1.82) is 0 Å². The van der Waals surface area contributed by atoms with Crippen molar-refractivity contribution in [3.63, 3.8) is 0 Å². The number of aryl methyl sites for hydroxylation is 2. The van der Waals surface area contributed by atoms with Crippen LogP contribution >= 0.6 is 0 Å². The van der Waals surface area contributed by atoms with E-state index in [1.807, 2.05) is 6.92 Å². The Bertz CT molecular complexity index is 871. The third-order valence-electron chi connectivity index (χ3n) is 4.87. The normalized spacial score (nSPS) is 15.8. The molecular formula is C20H23F4N3O2. The SMILES string of the molecule is Cc1nn(C)c(OC2CCCCC2)c1/C=N\OCc1ccc(C(F)(F)F)c(F)c1. The first kappa shape index (κ1) is 21.1. The maximum Gasteiger partial charge on any atom is 0.419 e. The third kappa shape index (κ3) is 5.27. The lowest BCUT2D eigenvalue weighted by molar-refractivity contribution is -0.140. The molecule has 5 nitrogen and oxygen atoms in total. The second-order valence-electron chi connectivity index (χ2n) is 7.13. The number of hydrogen-bond donors (Lipinski definition) is 0. The van der Waals surface area contributed by atoms with Crippen LogP contribution in [0, 0.1) is 12.7 Å². The Labute approximate surface area is 166 Å². The molecule has 1 aromatic heterocycles. The van der Waals surface area contributed by atoms with Crippen LogP contribution < -0.4 is 4.74 Å². The van der Waals surface area contributed by atoms with Crippen LogP contribution in [-0.2, 0) is 24.7 Å². The van der Waals surface area contributed by atoms with E-state index in [-0.39, 0.29) is 18.3 Å². The number of hydrogen-bond acceptors (Lipinski definition) is 4. The molecule has 0 spiro atoms. The Morgan fingerprint density at radius 2 is 1.97 bits per heavy atom. The van der Waals surface area contributed by atoms with Crippen LogP contribution in [-0.4, -0.2) is 22.1 Å². The maximum atomic E-state index is 13.6. The lowest BCUT2D eigenvalue weighted by Crippen LogP contribution is -2.21. The minimum Gasteiger partial charge on any atom is -0.474 e. The molecule has 1 aliphatic carbocycles. The highest BCUT2D eigenvalue weighted by molar-refractivity contribution is 5.83. The van der Waals surface area contributed by atoms with Gasteiger partial charge in [0.1, 0.15) is 18.5 Å². The zero-order chi connectivity index (χ0) is 21.0. The van der Waals surface area contributed by atoms with Crippen LogP contribution in [0.4, 0.5) is 17.6 Å². The number of ether oxygens (including phenoxy) is 1. The van der Waals surface area contributed by atoms with E-state index < -0.39 is 17.6 Å². The van der Waals surface area contributed by atoms with E-state index in [4.69, 9.17) is 9.57 Å². The fraction of sp³-hybridized carbons (Fsp3) is 0.500. The highest BCUT2D eigenvalue weighted by Gasteiger charge is 2.33. The van der Waals surface area contributed by atoms with Gasteiger partial charge < -0.3 is 9.57 Å². The number of oxime groups is 1. The zero-order valence-electron chi connectivity index (χ0n) is 16.3. The van der Waals surface area contributed by atoms with Crippen molar-refractivity contribution in [2.45, 2.75) is 57.9 Å². The second kappa shape index (κ2) is 8.84. The smallest absolute Gasteiger partial charge is 0.419 e. The molecule has 0 radical (unpaired) electrons. The van der Waals surface area contributed by atoms with Crippen molar-refractivity contribution in [3.8, 4) is 5.88 Å². The molecule has 9 heteroatoms. The van der Waals surface area contributed by atoms with E-state index in [0.29, 0.717) is 23.2 Å². The molecule has 3 rings (SSSR count). The van der Waals surface area contributed by atoms with Crippen LogP contribution in [0.15, 0.2) is 23.4 Å². The van der Waals surface area contributed by atoms with Gasteiger partial charge in [0, 0.05) is 7.05 Å². The van der Waals surface area contributed by atoms with E-state index in [1.54, 1.807) is 11.7 Å². The summed E-state index contributed by atoms with van der Waals surface area (Å²) in [6, 6.07) is 2.65. The Hall–Kier alpha value is -2.58. The van der Waals surface area contributed by atoms with Gasteiger partial charge in [-0.1, -0.05) is 17.6 Å². The van der Waals surface area contributed by atoms with Crippen molar-refractivity contribution in [3.05, 3.63) is 46.4 Å². The summed E-state index contributed by atoms with van der Waals surface area (Å²) in [7, 11) is 1.79. The van der Waals surface area contributed by atoms with Gasteiger partial charge in [0.05, 0.1) is 23.0 Å². The Morgan fingerprint density at radius 3 is 2.62 bits per heavy atom. The van der Waals surface area contributed by atoms with Crippen molar-refractivity contribution >= 4 is 6.21 Å². The number of nitrogens with zero attached hydrogens (tertiary/aromatic N) is 3. The van der Waals surface area contributed by atoms with E-state index >= 15 is 0 Å². The topological polar surface area (TPSA) is 48.6 Å². The molecule has 1 aromatic carbocycles. The molecule has 0 aliphatic heterocycles. The standard InChI is InChI=1S/C20H23F4N3O2/c1-13-16(19(27(2)26-13)29-15-6-4-3-5-7-15)11-25-28-12-14-8-9-17(18(21)10-14)20(22,23)24/h8-11,15H,3-7,12H2,1-2H3/b25-11-. The van der Waals surface area contributed by atoms with E-state index in [2.05, 4.69) is 10.3 Å². The predicted octanol–water partition coefficient (Wildman–Crippen LogP) is 5.15. The largest absolute Gasteiger partial charge is 0.474 e. The lowest BCUT2D eigenvalue weighted by atomic mass is 9.98. The van der Waals surface area contributed by atoms with Crippen molar-refractivity contribution in [1.82, 2.24) is 9.78 Å². The van der Waals surface area contributed by atoms with Gasteiger partial charge in [-0.15, -0.1) is 0 Å². The molecular weight excluding hydrogens is 390 g/mol. The monoisotopic (exact) mass is 413 g/mol. The minimum atomic E-state index is -4.73. The molecule has 0 bridgehead atoms. The summed E-state index contributed by atoms with van der Waals surface area (Å²) in [6.07, 6.45) is 2.36. The van der Waals surface area contributed by atoms with Gasteiger partial charge in [-0.25, -0.2) is 9.07 Å². The van der Waals surface area contributed by atoms with E-state index in [0.717, 1.165) is 37.8 Å². The van der Waals surface area contributed by atoms with Crippen LogP contribution in [0.25, 0.3) is 0 Å². The molecule has 0 N–H and O–H groups in total. The van der Waals surface area contributed by atoms with Gasteiger partial charge in [0.15, 0.2) is 0 Å². The third-order valence-corrected chi connectivity index (χ3v) is 4.87. The van der Waals surface area contributed by atoms with Gasteiger partial charge in [0.2, 0.25) is 5.88 Å². The fourth-order valence-electron chi connectivity index (χ4n) is 3.36. The fourth-order valence-corrected chi connectivity index (χ4v) is 3.36. The van der Waals surface area contributed by atoms with Gasteiger partial charge in [-0.05, 0) is 50.3 Å². The van der Waals surface area contributed by atoms with Crippen molar-refractivity contribution in [2.24, 2.45) is 12.2 Å². The zero-order valence-corrected chi connectivity index (χ0v) is 16.3. The number of aromatic nitrogens is 2. The van der Waals surface area contributed by atoms with E-state index in [1.165, 1.54) is 12.6 Å². The van der Waals surface area contributed by atoms with E-state index in [9.17, 15) is 17.6 Å². The highest BCUT2D eigenvalue weighted by Crippen LogP contribution is 2.31. The number of halogens is 4. The van der Waals surface area contributed by atoms with Gasteiger partial charge in [-0.3, -0.25) is 0 Å². The first-order valence-corrected chi connectivity index (χ1v) is 9.47. The summed E-state index contributed by atoms with van der Waals surface area (Å²) >= 11 is 0. The molecule has 0 atom stereocenters. The Morgan fingerprint density at radius 1 is 1.24 bits per heavy atom. The van der Waals surface area contributed by atoms with Crippen LogP contribution in [0.5, 0.6) is 5.88 Å². The molecule has 1 aliphatic rings. The van der Waals surface area contributed by atoms with Gasteiger partial charge in [0.25, 0.3) is 0 Å². The molecule has 0 saturated heterocycles. The molecule has 158 valence electrons.